The lowest BCUT2D eigenvalue weighted by atomic mass is 10.0. The van der Waals surface area contributed by atoms with Crippen molar-refractivity contribution in [2.45, 2.75) is 51.4 Å². The van der Waals surface area contributed by atoms with Crippen molar-refractivity contribution in [3.05, 3.63) is 58.9 Å². The zero-order valence-electron chi connectivity index (χ0n) is 21.4. The van der Waals surface area contributed by atoms with Gasteiger partial charge in [-0.05, 0) is 37.5 Å². The Hall–Kier alpha value is -3.18. The number of thioether (sulfide) groups is 1. The van der Waals surface area contributed by atoms with Crippen molar-refractivity contribution in [2.75, 3.05) is 25.2 Å². The molecule has 0 aliphatic heterocycles. The number of benzene rings is 1. The van der Waals surface area contributed by atoms with E-state index in [0.717, 1.165) is 17.1 Å². The van der Waals surface area contributed by atoms with Crippen molar-refractivity contribution in [1.29, 1.82) is 0 Å². The van der Waals surface area contributed by atoms with E-state index in [-0.39, 0.29) is 23.7 Å². The predicted octanol–water partition coefficient (Wildman–Crippen LogP) is 4.93. The number of ether oxygens (including phenoxy) is 1. The molecule has 0 saturated heterocycles. The van der Waals surface area contributed by atoms with Gasteiger partial charge in [0.25, 0.3) is 5.91 Å². The number of hydrogen-bond acceptors (Lipinski definition) is 8. The van der Waals surface area contributed by atoms with Crippen molar-refractivity contribution < 1.29 is 14.3 Å². The van der Waals surface area contributed by atoms with Crippen molar-refractivity contribution in [3.8, 4) is 5.75 Å². The van der Waals surface area contributed by atoms with E-state index in [9.17, 15) is 9.59 Å². The first kappa shape index (κ1) is 27.4. The average molecular weight is 529 g/mol. The highest BCUT2D eigenvalue weighted by atomic mass is 32.2. The van der Waals surface area contributed by atoms with Crippen LogP contribution < -0.4 is 10.1 Å². The van der Waals surface area contributed by atoms with E-state index in [1.54, 1.807) is 27.1 Å². The Bertz CT molecular complexity index is 1220. The summed E-state index contributed by atoms with van der Waals surface area (Å²) in [4.78, 5) is 31.1. The quantitative estimate of drug-likeness (QED) is 0.278. The van der Waals surface area contributed by atoms with Crippen molar-refractivity contribution in [1.82, 2.24) is 24.6 Å². The van der Waals surface area contributed by atoms with E-state index in [1.807, 2.05) is 23.6 Å². The molecule has 2 aromatic heterocycles. The number of hydrogen-bond donors (Lipinski definition) is 1. The second-order valence-electron chi connectivity index (χ2n) is 8.69. The summed E-state index contributed by atoms with van der Waals surface area (Å²) >= 11 is 2.42. The van der Waals surface area contributed by atoms with Gasteiger partial charge in [-0.3, -0.25) is 14.2 Å². The van der Waals surface area contributed by atoms with E-state index in [0.29, 0.717) is 39.1 Å². The molecule has 1 aromatic carbocycles. The van der Waals surface area contributed by atoms with Crippen LogP contribution in [0.3, 0.4) is 0 Å². The molecule has 192 valence electrons. The smallest absolute Gasteiger partial charge is 0.265 e. The van der Waals surface area contributed by atoms with Gasteiger partial charge in [0, 0.05) is 20.6 Å². The van der Waals surface area contributed by atoms with E-state index < -0.39 is 0 Å². The van der Waals surface area contributed by atoms with Gasteiger partial charge in [-0.15, -0.1) is 16.8 Å². The van der Waals surface area contributed by atoms with Crippen LogP contribution in [-0.2, 0) is 11.3 Å². The van der Waals surface area contributed by atoms with Crippen molar-refractivity contribution >= 4 is 40.0 Å². The van der Waals surface area contributed by atoms with Crippen LogP contribution in [0.2, 0.25) is 0 Å². The Kier molecular flexibility index (Phi) is 9.27. The van der Waals surface area contributed by atoms with Crippen molar-refractivity contribution in [3.63, 3.8) is 0 Å². The van der Waals surface area contributed by atoms with Crippen LogP contribution in [0.4, 0.5) is 5.13 Å². The molecule has 3 rings (SSSR count). The summed E-state index contributed by atoms with van der Waals surface area (Å²) in [5.41, 5.74) is 1.83. The zero-order valence-corrected chi connectivity index (χ0v) is 23.1. The summed E-state index contributed by atoms with van der Waals surface area (Å²) in [7, 11) is 3.36. The Morgan fingerprint density at radius 1 is 1.22 bits per heavy atom. The lowest BCUT2D eigenvalue weighted by molar-refractivity contribution is -0.113. The van der Waals surface area contributed by atoms with Crippen LogP contribution in [0.25, 0.3) is 0 Å². The lowest BCUT2D eigenvalue weighted by Crippen LogP contribution is -2.21. The second-order valence-corrected chi connectivity index (χ2v) is 10.6. The molecule has 2 heterocycles. The van der Waals surface area contributed by atoms with Gasteiger partial charge in [0.1, 0.15) is 10.6 Å². The number of anilines is 1. The Balaban J connectivity index is 1.65. The summed E-state index contributed by atoms with van der Waals surface area (Å²) in [6.07, 6.45) is 1.40. The maximum Gasteiger partial charge on any atom is 0.265 e. The van der Waals surface area contributed by atoms with Crippen molar-refractivity contribution in [2.24, 2.45) is 0 Å². The number of nitrogens with one attached hydrogen (secondary N) is 1. The molecule has 1 unspecified atom stereocenters. The monoisotopic (exact) mass is 528 g/mol. The number of thiazole rings is 1. The summed E-state index contributed by atoms with van der Waals surface area (Å²) in [5.74, 6) is 1.56. The van der Waals surface area contributed by atoms with E-state index >= 15 is 0 Å². The maximum atomic E-state index is 12.6. The van der Waals surface area contributed by atoms with Gasteiger partial charge in [0.15, 0.2) is 22.2 Å². The molecular formula is C25H32N6O3S2. The van der Waals surface area contributed by atoms with E-state index in [2.05, 4.69) is 53.1 Å². The largest absolute Gasteiger partial charge is 0.483 e. The molecule has 11 heteroatoms. The number of carbonyl (C=O) groups excluding carboxylic acids is 2. The topological polar surface area (TPSA) is 102 Å². The average Bonchev–Trinajstić information content (AvgIpc) is 3.40. The number of carbonyl (C=O) groups is 2. The van der Waals surface area contributed by atoms with Gasteiger partial charge < -0.3 is 15.0 Å². The summed E-state index contributed by atoms with van der Waals surface area (Å²) in [6, 6.07) is 8.03. The van der Waals surface area contributed by atoms with Gasteiger partial charge in [-0.1, -0.05) is 55.2 Å². The minimum Gasteiger partial charge on any atom is -0.483 e. The highest BCUT2D eigenvalue weighted by Gasteiger charge is 2.21. The molecule has 1 N–H and O–H groups in total. The highest BCUT2D eigenvalue weighted by molar-refractivity contribution is 7.99. The summed E-state index contributed by atoms with van der Waals surface area (Å²) in [5, 5.41) is 12.4. The number of rotatable bonds is 11. The first-order chi connectivity index (χ1) is 17.1. The summed E-state index contributed by atoms with van der Waals surface area (Å²) in [6.45, 7) is 12.3. The first-order valence-corrected chi connectivity index (χ1v) is 13.3. The molecule has 1 atom stereocenters. The molecule has 0 aliphatic carbocycles. The molecule has 0 bridgehead atoms. The van der Waals surface area contributed by atoms with Gasteiger partial charge in [0.05, 0.1) is 11.4 Å². The molecular weight excluding hydrogens is 496 g/mol. The zero-order chi connectivity index (χ0) is 26.4. The molecule has 0 radical (unpaired) electrons. The third kappa shape index (κ3) is 6.73. The van der Waals surface area contributed by atoms with Crippen LogP contribution >= 0.6 is 23.1 Å². The third-order valence-corrected chi connectivity index (χ3v) is 7.28. The maximum absolute atomic E-state index is 12.6. The molecule has 0 aliphatic rings. The Labute approximate surface area is 220 Å². The predicted molar refractivity (Wildman–Crippen MR) is 144 cm³/mol. The van der Waals surface area contributed by atoms with Gasteiger partial charge in [-0.2, -0.15) is 0 Å². The minimum atomic E-state index is -0.350. The van der Waals surface area contributed by atoms with E-state index in [4.69, 9.17) is 4.74 Å². The Morgan fingerprint density at radius 2 is 1.92 bits per heavy atom. The highest BCUT2D eigenvalue weighted by Crippen LogP contribution is 2.27. The third-order valence-electron chi connectivity index (χ3n) is 5.26. The number of nitrogens with zero attached hydrogens (tertiary/aromatic N) is 5. The van der Waals surface area contributed by atoms with Crippen LogP contribution in [-0.4, -0.2) is 56.3 Å². The van der Waals surface area contributed by atoms with Gasteiger partial charge in [-0.25, -0.2) is 4.98 Å². The number of amides is 2. The fourth-order valence-electron chi connectivity index (χ4n) is 3.33. The fraction of sp³-hybridized carbons (Fsp3) is 0.400. The number of allylic oxidation sites excluding steroid dienone is 1. The van der Waals surface area contributed by atoms with Crippen LogP contribution in [0.5, 0.6) is 5.75 Å². The Morgan fingerprint density at radius 3 is 2.53 bits per heavy atom. The molecule has 3 aromatic rings. The van der Waals surface area contributed by atoms with Crippen LogP contribution in [0.1, 0.15) is 59.5 Å². The lowest BCUT2D eigenvalue weighted by Gasteiger charge is -2.16. The minimum absolute atomic E-state index is 0.108. The molecule has 36 heavy (non-hydrogen) atoms. The fourth-order valence-corrected chi connectivity index (χ4v) is 5.09. The first-order valence-electron chi connectivity index (χ1n) is 11.5. The van der Waals surface area contributed by atoms with Crippen LogP contribution in [0.15, 0.2) is 42.1 Å². The summed E-state index contributed by atoms with van der Waals surface area (Å²) < 4.78 is 7.99. The van der Waals surface area contributed by atoms with Gasteiger partial charge in [0.2, 0.25) is 5.91 Å². The molecule has 0 saturated carbocycles. The molecule has 0 spiro atoms. The number of aromatic nitrogens is 4. The van der Waals surface area contributed by atoms with E-state index in [1.165, 1.54) is 22.2 Å². The second kappa shape index (κ2) is 12.2. The van der Waals surface area contributed by atoms with Gasteiger partial charge >= 0.3 is 0 Å². The van der Waals surface area contributed by atoms with Crippen LogP contribution in [0, 0.1) is 6.92 Å². The number of aryl methyl sites for hydroxylation is 1. The molecule has 9 nitrogen and oxygen atoms in total. The normalized spacial score (nSPS) is 11.9. The SMILES string of the molecule is C=CCn1c(SCC(=O)Nc2nc(C)c(C(=O)N(C)C)s2)nnc1C(C)Oc1ccc(C(C)C)cc1. The molecule has 0 fully saturated rings. The molecule has 2 amide bonds. The standard InChI is InChI=1S/C25H32N6O3S2/c1-8-13-31-22(17(5)34-19-11-9-18(10-12-19)15(2)3)28-29-25(31)35-14-20(32)27-24-26-16(4)21(36-24)23(33)30(6)7/h8-12,15,17H,1,13-14H2,2-7H3,(H,26,27,32).